The Hall–Kier alpha value is -3.57. The monoisotopic (exact) mass is 623 g/mol. The Morgan fingerprint density at radius 2 is 1.60 bits per heavy atom. The molecule has 0 bridgehead atoms. The van der Waals surface area contributed by atoms with Crippen LogP contribution in [0.25, 0.3) is 0 Å². The Balaban J connectivity index is 2.11. The summed E-state index contributed by atoms with van der Waals surface area (Å²) in [5, 5.41) is 2.20. The summed E-state index contributed by atoms with van der Waals surface area (Å²) in [5.41, 5.74) is -0.219. The Kier molecular flexibility index (Phi) is 10.7. The summed E-state index contributed by atoms with van der Waals surface area (Å²) in [5.74, 6) is -1.24. The highest BCUT2D eigenvalue weighted by Crippen LogP contribution is 2.38. The molecule has 12 heteroatoms. The van der Waals surface area contributed by atoms with Crippen molar-refractivity contribution >= 4 is 39.1 Å². The average molecular weight is 624 g/mol. The number of hydrogen-bond donors (Lipinski definition) is 1. The van der Waals surface area contributed by atoms with E-state index in [0.29, 0.717) is 22.4 Å². The van der Waals surface area contributed by atoms with Gasteiger partial charge in [0.25, 0.3) is 10.0 Å². The Morgan fingerprint density at radius 1 is 0.976 bits per heavy atom. The molecule has 0 spiro atoms. The van der Waals surface area contributed by atoms with Gasteiger partial charge in [0.1, 0.15) is 12.6 Å². The van der Waals surface area contributed by atoms with E-state index < -0.39 is 56.9 Å². The minimum absolute atomic E-state index is 0.0401. The zero-order valence-corrected chi connectivity index (χ0v) is 25.2. The summed E-state index contributed by atoms with van der Waals surface area (Å²) >= 11 is 5.80. The van der Waals surface area contributed by atoms with Crippen LogP contribution < -0.4 is 9.62 Å². The number of alkyl halides is 3. The van der Waals surface area contributed by atoms with Crippen LogP contribution in [0.15, 0.2) is 77.7 Å². The van der Waals surface area contributed by atoms with Crippen molar-refractivity contribution in [3.8, 4) is 0 Å². The molecule has 0 radical (unpaired) electrons. The van der Waals surface area contributed by atoms with E-state index >= 15 is 0 Å². The number of rotatable bonds is 11. The van der Waals surface area contributed by atoms with E-state index in [2.05, 4.69) is 5.32 Å². The molecule has 0 heterocycles. The highest BCUT2D eigenvalue weighted by Gasteiger charge is 2.37. The van der Waals surface area contributed by atoms with Crippen molar-refractivity contribution in [1.82, 2.24) is 10.2 Å². The minimum Gasteiger partial charge on any atom is -0.352 e. The first-order valence-electron chi connectivity index (χ1n) is 13.2. The van der Waals surface area contributed by atoms with E-state index in [1.807, 2.05) is 13.8 Å². The predicted octanol–water partition coefficient (Wildman–Crippen LogP) is 6.19. The Bertz CT molecular complexity index is 1500. The second kappa shape index (κ2) is 13.6. The third kappa shape index (κ3) is 8.04. The molecule has 0 aliphatic heterocycles. The number of halogens is 4. The lowest BCUT2D eigenvalue weighted by Gasteiger charge is -2.32. The van der Waals surface area contributed by atoms with Gasteiger partial charge in [-0.3, -0.25) is 13.9 Å². The highest BCUT2D eigenvalue weighted by atomic mass is 35.5. The van der Waals surface area contributed by atoms with Gasteiger partial charge in [0.15, 0.2) is 0 Å². The normalized spacial score (nSPS) is 13.2. The molecule has 0 aromatic heterocycles. The molecule has 2 amide bonds. The molecular formula is C30H33ClF3N3O4S. The number of nitrogens with zero attached hydrogens (tertiary/aromatic N) is 2. The fourth-order valence-electron chi connectivity index (χ4n) is 4.08. The lowest BCUT2D eigenvalue weighted by molar-refractivity contribution is -0.139. The molecular weight excluding hydrogens is 591 g/mol. The Morgan fingerprint density at radius 3 is 2.17 bits per heavy atom. The van der Waals surface area contributed by atoms with Gasteiger partial charge in [0.05, 0.1) is 21.2 Å². The summed E-state index contributed by atoms with van der Waals surface area (Å²) in [4.78, 5) is 28.0. The largest absolute Gasteiger partial charge is 0.417 e. The molecule has 0 saturated carbocycles. The van der Waals surface area contributed by atoms with Crippen LogP contribution in [0.3, 0.4) is 0 Å². The molecule has 0 aliphatic rings. The number of amides is 2. The number of anilines is 1. The number of hydrogen-bond acceptors (Lipinski definition) is 4. The van der Waals surface area contributed by atoms with Crippen LogP contribution in [-0.4, -0.2) is 43.8 Å². The van der Waals surface area contributed by atoms with Crippen LogP contribution in [0.2, 0.25) is 5.02 Å². The maximum atomic E-state index is 13.9. The Labute approximate surface area is 249 Å². The van der Waals surface area contributed by atoms with Crippen molar-refractivity contribution in [2.45, 2.75) is 63.8 Å². The molecule has 2 atom stereocenters. The van der Waals surface area contributed by atoms with Crippen LogP contribution >= 0.6 is 11.6 Å². The zero-order chi connectivity index (χ0) is 31.2. The van der Waals surface area contributed by atoms with E-state index in [4.69, 9.17) is 11.6 Å². The van der Waals surface area contributed by atoms with Gasteiger partial charge in [-0.05, 0) is 63.1 Å². The summed E-state index contributed by atoms with van der Waals surface area (Å²) in [7, 11) is -4.54. The molecule has 226 valence electrons. The van der Waals surface area contributed by atoms with E-state index in [1.54, 1.807) is 49.4 Å². The molecule has 3 rings (SSSR count). The van der Waals surface area contributed by atoms with Crippen LogP contribution in [0, 0.1) is 6.92 Å². The zero-order valence-electron chi connectivity index (χ0n) is 23.7. The molecule has 7 nitrogen and oxygen atoms in total. The second-order valence-corrected chi connectivity index (χ2v) is 12.3. The quantitative estimate of drug-likeness (QED) is 0.276. The fourth-order valence-corrected chi connectivity index (χ4v) is 5.71. The molecule has 0 saturated heterocycles. The molecule has 0 unspecified atom stereocenters. The molecule has 0 fully saturated rings. The van der Waals surface area contributed by atoms with Gasteiger partial charge in [0.2, 0.25) is 11.8 Å². The lowest BCUT2D eigenvalue weighted by atomic mass is 10.1. The standard InChI is InChI=1S/C30H33ClF3N3O4S/c1-5-21(3)35-29(39)22(4)36(18-23-9-7-6-8-10-23)28(38)19-37(42(40,41)25-14-11-20(2)12-15-25)24-13-16-27(31)26(17-24)30(32,33)34/h6-17,21-22H,5,18-19H2,1-4H3,(H,35,39)/t21-,22+/m0/s1. The van der Waals surface area contributed by atoms with Crippen LogP contribution in [0.5, 0.6) is 0 Å². The molecule has 42 heavy (non-hydrogen) atoms. The highest BCUT2D eigenvalue weighted by molar-refractivity contribution is 7.92. The molecule has 0 aliphatic carbocycles. The van der Waals surface area contributed by atoms with Crippen LogP contribution in [-0.2, 0) is 32.3 Å². The summed E-state index contributed by atoms with van der Waals surface area (Å²) in [6.45, 7) is 6.05. The first-order valence-corrected chi connectivity index (χ1v) is 15.1. The number of benzene rings is 3. The second-order valence-electron chi connectivity index (χ2n) is 9.99. The third-order valence-corrected chi connectivity index (χ3v) is 8.91. The van der Waals surface area contributed by atoms with Crippen LogP contribution in [0.1, 0.15) is 43.9 Å². The average Bonchev–Trinajstić information content (AvgIpc) is 2.94. The van der Waals surface area contributed by atoms with Crippen molar-refractivity contribution < 1.29 is 31.2 Å². The smallest absolute Gasteiger partial charge is 0.352 e. The van der Waals surface area contributed by atoms with Gasteiger partial charge in [-0.15, -0.1) is 0 Å². The molecule has 3 aromatic carbocycles. The van der Waals surface area contributed by atoms with E-state index in [1.165, 1.54) is 24.0 Å². The maximum absolute atomic E-state index is 13.9. The number of carbonyl (C=O) groups is 2. The van der Waals surface area contributed by atoms with Gasteiger partial charge in [-0.2, -0.15) is 13.2 Å². The third-order valence-electron chi connectivity index (χ3n) is 6.80. The van der Waals surface area contributed by atoms with Gasteiger partial charge in [-0.25, -0.2) is 8.42 Å². The van der Waals surface area contributed by atoms with Crippen molar-refractivity contribution in [3.05, 3.63) is 94.5 Å². The van der Waals surface area contributed by atoms with Gasteiger partial charge < -0.3 is 10.2 Å². The lowest BCUT2D eigenvalue weighted by Crippen LogP contribution is -2.52. The van der Waals surface area contributed by atoms with Crippen molar-refractivity contribution in [2.24, 2.45) is 0 Å². The summed E-state index contributed by atoms with van der Waals surface area (Å²) in [6, 6.07) is 15.9. The van der Waals surface area contributed by atoms with E-state index in [9.17, 15) is 31.2 Å². The summed E-state index contributed by atoms with van der Waals surface area (Å²) in [6.07, 6.45) is -4.23. The first-order chi connectivity index (χ1) is 19.6. The van der Waals surface area contributed by atoms with Gasteiger partial charge >= 0.3 is 6.18 Å². The fraction of sp³-hybridized carbons (Fsp3) is 0.333. The maximum Gasteiger partial charge on any atom is 0.417 e. The SMILES string of the molecule is CC[C@H](C)NC(=O)[C@@H](C)N(Cc1ccccc1)C(=O)CN(c1ccc(Cl)c(C(F)(F)F)c1)S(=O)(=O)c1ccc(C)cc1. The minimum atomic E-state index is -4.88. The first kappa shape index (κ1) is 32.9. The van der Waals surface area contributed by atoms with Crippen molar-refractivity contribution in [2.75, 3.05) is 10.8 Å². The van der Waals surface area contributed by atoms with E-state index in [-0.39, 0.29) is 17.5 Å². The molecule has 1 N–H and O–H groups in total. The van der Waals surface area contributed by atoms with Crippen LogP contribution in [0.4, 0.5) is 18.9 Å². The van der Waals surface area contributed by atoms with Gasteiger partial charge in [-0.1, -0.05) is 66.6 Å². The van der Waals surface area contributed by atoms with Crippen molar-refractivity contribution in [3.63, 3.8) is 0 Å². The number of aryl methyl sites for hydroxylation is 1. The van der Waals surface area contributed by atoms with E-state index in [0.717, 1.165) is 17.7 Å². The van der Waals surface area contributed by atoms with Gasteiger partial charge in [0, 0.05) is 12.6 Å². The number of nitrogens with one attached hydrogen (secondary N) is 1. The number of sulfonamides is 1. The molecule has 3 aromatic rings. The van der Waals surface area contributed by atoms with Crippen molar-refractivity contribution in [1.29, 1.82) is 0 Å². The predicted molar refractivity (Wildman–Crippen MR) is 157 cm³/mol. The number of carbonyl (C=O) groups excluding carboxylic acids is 2. The topological polar surface area (TPSA) is 86.8 Å². The summed E-state index contributed by atoms with van der Waals surface area (Å²) < 4.78 is 69.6.